The Labute approximate surface area is 97.9 Å². The molecule has 2 aromatic rings. The van der Waals surface area contributed by atoms with Crippen LogP contribution in [-0.4, -0.2) is 22.2 Å². The second-order valence-corrected chi connectivity index (χ2v) is 3.66. The molecule has 0 spiro atoms. The first-order chi connectivity index (χ1) is 7.74. The number of rotatable bonds is 3. The maximum absolute atomic E-state index is 8.91. The predicted molar refractivity (Wildman–Crippen MR) is 61.5 cm³/mol. The minimum absolute atomic E-state index is 0.0821. The maximum Gasteiger partial charge on any atom is 0.138 e. The Kier molecular flexibility index (Phi) is 3.12. The fourth-order valence-electron chi connectivity index (χ4n) is 1.40. The number of aliphatic hydroxyl groups is 1. The summed E-state index contributed by atoms with van der Waals surface area (Å²) in [4.78, 5) is 7.17. The van der Waals surface area contributed by atoms with Crippen LogP contribution >= 0.6 is 11.6 Å². The molecule has 0 radical (unpaired) electrons. The summed E-state index contributed by atoms with van der Waals surface area (Å²) in [6.45, 7) is -0.0821. The van der Waals surface area contributed by atoms with Gasteiger partial charge in [-0.15, -0.1) is 0 Å². The highest BCUT2D eigenvalue weighted by Crippen LogP contribution is 2.28. The lowest BCUT2D eigenvalue weighted by Crippen LogP contribution is -1.87. The van der Waals surface area contributed by atoms with Crippen LogP contribution in [0, 0.1) is 0 Å². The van der Waals surface area contributed by atoms with Crippen molar-refractivity contribution in [3.63, 3.8) is 0 Å². The molecular weight excluding hydrogens is 228 g/mol. The zero-order valence-corrected chi connectivity index (χ0v) is 9.45. The summed E-state index contributed by atoms with van der Waals surface area (Å²) in [7, 11) is 1.56. The van der Waals surface area contributed by atoms with Gasteiger partial charge < -0.3 is 14.8 Å². The highest BCUT2D eigenvalue weighted by molar-refractivity contribution is 6.32. The van der Waals surface area contributed by atoms with Crippen molar-refractivity contribution in [1.82, 2.24) is 9.97 Å². The maximum atomic E-state index is 8.91. The summed E-state index contributed by atoms with van der Waals surface area (Å²) < 4.78 is 5.12. The van der Waals surface area contributed by atoms with E-state index in [1.165, 1.54) is 0 Å². The number of aliphatic hydroxyl groups excluding tert-OH is 1. The van der Waals surface area contributed by atoms with Crippen molar-refractivity contribution in [3.05, 3.63) is 35.1 Å². The van der Waals surface area contributed by atoms with Gasteiger partial charge in [0.15, 0.2) is 0 Å². The van der Waals surface area contributed by atoms with Gasteiger partial charge in [-0.05, 0) is 18.2 Å². The van der Waals surface area contributed by atoms with Crippen LogP contribution in [0.15, 0.2) is 24.4 Å². The van der Waals surface area contributed by atoms with E-state index < -0.39 is 0 Å². The van der Waals surface area contributed by atoms with Gasteiger partial charge in [0.25, 0.3) is 0 Å². The van der Waals surface area contributed by atoms with E-state index in [9.17, 15) is 0 Å². The van der Waals surface area contributed by atoms with E-state index in [1.807, 2.05) is 6.07 Å². The molecule has 0 aliphatic carbocycles. The zero-order valence-electron chi connectivity index (χ0n) is 8.70. The van der Waals surface area contributed by atoms with Crippen LogP contribution in [0.1, 0.15) is 5.69 Å². The number of aromatic nitrogens is 2. The van der Waals surface area contributed by atoms with Crippen molar-refractivity contribution in [2.75, 3.05) is 7.11 Å². The van der Waals surface area contributed by atoms with Crippen molar-refractivity contribution in [1.29, 1.82) is 0 Å². The first-order valence-electron chi connectivity index (χ1n) is 4.73. The van der Waals surface area contributed by atoms with Crippen LogP contribution in [-0.2, 0) is 6.61 Å². The molecule has 4 nitrogen and oxygen atoms in total. The largest absolute Gasteiger partial charge is 0.495 e. The molecule has 0 saturated carbocycles. The molecule has 0 bridgehead atoms. The van der Waals surface area contributed by atoms with Crippen LogP contribution in [0.4, 0.5) is 0 Å². The molecule has 2 rings (SSSR count). The molecule has 0 aliphatic heterocycles. The average Bonchev–Trinajstić information content (AvgIpc) is 2.78. The molecule has 84 valence electrons. The summed E-state index contributed by atoms with van der Waals surface area (Å²) in [5, 5.41) is 9.47. The number of hydrogen-bond acceptors (Lipinski definition) is 3. The van der Waals surface area contributed by atoms with E-state index in [1.54, 1.807) is 25.4 Å². The number of H-pyrrole nitrogens is 1. The van der Waals surface area contributed by atoms with Gasteiger partial charge in [-0.2, -0.15) is 0 Å². The topological polar surface area (TPSA) is 58.1 Å². The Morgan fingerprint density at radius 1 is 1.50 bits per heavy atom. The summed E-state index contributed by atoms with van der Waals surface area (Å²) in [5.41, 5.74) is 1.46. The smallest absolute Gasteiger partial charge is 0.138 e. The van der Waals surface area contributed by atoms with E-state index in [-0.39, 0.29) is 6.61 Å². The SMILES string of the molecule is COc1cc(-c2nc(CO)c[nH]2)ccc1Cl. The van der Waals surface area contributed by atoms with Crippen molar-refractivity contribution in [2.24, 2.45) is 0 Å². The molecule has 1 aromatic carbocycles. The van der Waals surface area contributed by atoms with Crippen LogP contribution < -0.4 is 4.74 Å². The van der Waals surface area contributed by atoms with Crippen molar-refractivity contribution in [2.45, 2.75) is 6.61 Å². The number of aromatic amines is 1. The third-order valence-electron chi connectivity index (χ3n) is 2.22. The molecule has 1 aromatic heterocycles. The van der Waals surface area contributed by atoms with Crippen LogP contribution in [0.2, 0.25) is 5.02 Å². The van der Waals surface area contributed by atoms with Crippen LogP contribution in [0.25, 0.3) is 11.4 Å². The molecule has 0 atom stereocenters. The fourth-order valence-corrected chi connectivity index (χ4v) is 1.59. The molecule has 16 heavy (non-hydrogen) atoms. The lowest BCUT2D eigenvalue weighted by Gasteiger charge is -2.04. The van der Waals surface area contributed by atoms with Crippen LogP contribution in [0.3, 0.4) is 0 Å². The number of methoxy groups -OCH3 is 1. The number of hydrogen-bond donors (Lipinski definition) is 2. The second kappa shape index (κ2) is 4.55. The van der Waals surface area contributed by atoms with Gasteiger partial charge in [-0.1, -0.05) is 11.6 Å². The third-order valence-corrected chi connectivity index (χ3v) is 2.53. The van der Waals surface area contributed by atoms with Gasteiger partial charge in [-0.25, -0.2) is 4.98 Å². The molecule has 5 heteroatoms. The standard InChI is InChI=1S/C11H11ClN2O2/c1-16-10-4-7(2-3-9(10)12)11-13-5-8(6-15)14-11/h2-5,15H,6H2,1H3,(H,13,14). The lowest BCUT2D eigenvalue weighted by atomic mass is 10.2. The predicted octanol–water partition coefficient (Wildman–Crippen LogP) is 2.23. The number of ether oxygens (including phenoxy) is 1. The Balaban J connectivity index is 2.40. The van der Waals surface area contributed by atoms with Gasteiger partial charge in [0.05, 0.1) is 24.4 Å². The third kappa shape index (κ3) is 2.03. The summed E-state index contributed by atoms with van der Waals surface area (Å²) in [6, 6.07) is 5.38. The van der Waals surface area contributed by atoms with E-state index >= 15 is 0 Å². The number of imidazole rings is 1. The Bertz CT molecular complexity index is 496. The van der Waals surface area contributed by atoms with E-state index in [0.717, 1.165) is 5.56 Å². The highest BCUT2D eigenvalue weighted by Gasteiger charge is 2.07. The number of nitrogens with zero attached hydrogens (tertiary/aromatic N) is 1. The fraction of sp³-hybridized carbons (Fsp3) is 0.182. The van der Waals surface area contributed by atoms with Crippen LogP contribution in [0.5, 0.6) is 5.75 Å². The molecule has 0 amide bonds. The van der Waals surface area contributed by atoms with E-state index in [0.29, 0.717) is 22.3 Å². The molecule has 1 heterocycles. The molecular formula is C11H11ClN2O2. The summed E-state index contributed by atoms with van der Waals surface area (Å²) in [6.07, 6.45) is 1.66. The van der Waals surface area contributed by atoms with E-state index in [2.05, 4.69) is 9.97 Å². The van der Waals surface area contributed by atoms with Gasteiger partial charge in [-0.3, -0.25) is 0 Å². The molecule has 0 saturated heterocycles. The number of nitrogens with one attached hydrogen (secondary N) is 1. The van der Waals surface area contributed by atoms with Crippen molar-refractivity contribution < 1.29 is 9.84 Å². The molecule has 0 aliphatic rings. The lowest BCUT2D eigenvalue weighted by molar-refractivity contribution is 0.277. The number of halogens is 1. The summed E-state index contributed by atoms with van der Waals surface area (Å²) >= 11 is 5.92. The Morgan fingerprint density at radius 2 is 2.31 bits per heavy atom. The minimum atomic E-state index is -0.0821. The van der Waals surface area contributed by atoms with Crippen molar-refractivity contribution in [3.8, 4) is 17.1 Å². The monoisotopic (exact) mass is 238 g/mol. The van der Waals surface area contributed by atoms with Gasteiger partial charge in [0.2, 0.25) is 0 Å². The van der Waals surface area contributed by atoms with Gasteiger partial charge in [0.1, 0.15) is 11.6 Å². The Morgan fingerprint density at radius 3 is 2.94 bits per heavy atom. The quantitative estimate of drug-likeness (QED) is 0.862. The molecule has 0 fully saturated rings. The normalized spacial score (nSPS) is 10.4. The number of benzene rings is 1. The minimum Gasteiger partial charge on any atom is -0.495 e. The highest BCUT2D eigenvalue weighted by atomic mass is 35.5. The molecule has 2 N–H and O–H groups in total. The molecule has 0 unspecified atom stereocenters. The van der Waals surface area contributed by atoms with Crippen molar-refractivity contribution >= 4 is 11.6 Å². The van der Waals surface area contributed by atoms with E-state index in [4.69, 9.17) is 21.4 Å². The zero-order chi connectivity index (χ0) is 11.5. The first kappa shape index (κ1) is 11.0. The van der Waals surface area contributed by atoms with Gasteiger partial charge in [0, 0.05) is 11.8 Å². The van der Waals surface area contributed by atoms with Gasteiger partial charge >= 0.3 is 0 Å². The Hall–Kier alpha value is -1.52. The average molecular weight is 239 g/mol. The summed E-state index contributed by atoms with van der Waals surface area (Å²) in [5.74, 6) is 1.28. The second-order valence-electron chi connectivity index (χ2n) is 3.25. The first-order valence-corrected chi connectivity index (χ1v) is 5.11.